The third kappa shape index (κ3) is 5.17. The summed E-state index contributed by atoms with van der Waals surface area (Å²) in [4.78, 5) is 22.7. The van der Waals surface area contributed by atoms with Crippen molar-refractivity contribution in [2.24, 2.45) is 5.92 Å². The van der Waals surface area contributed by atoms with Crippen molar-refractivity contribution in [2.45, 2.75) is 38.6 Å². The summed E-state index contributed by atoms with van der Waals surface area (Å²) in [6, 6.07) is -0.558. The molecule has 0 spiro atoms. The number of hydrogen-bond donors (Lipinski definition) is 2. The van der Waals surface area contributed by atoms with Crippen molar-refractivity contribution in [1.29, 1.82) is 0 Å². The zero-order chi connectivity index (χ0) is 12.7. The average molecular weight is 242 g/mol. The van der Waals surface area contributed by atoms with Gasteiger partial charge in [-0.25, -0.2) is 4.79 Å². The van der Waals surface area contributed by atoms with Crippen LogP contribution in [0.5, 0.6) is 0 Å². The van der Waals surface area contributed by atoms with Crippen LogP contribution in [0.15, 0.2) is 0 Å². The first-order chi connectivity index (χ1) is 8.13. The predicted octanol–water partition coefficient (Wildman–Crippen LogP) is 0.444. The van der Waals surface area contributed by atoms with Crippen molar-refractivity contribution < 1.29 is 14.3 Å². The minimum Gasteiger partial charge on any atom is -0.467 e. The van der Waals surface area contributed by atoms with E-state index in [1.165, 1.54) is 20.0 Å². The van der Waals surface area contributed by atoms with Crippen LogP contribution < -0.4 is 10.6 Å². The van der Waals surface area contributed by atoms with E-state index in [4.69, 9.17) is 0 Å². The maximum Gasteiger partial charge on any atom is 0.328 e. The predicted molar refractivity (Wildman–Crippen MR) is 64.4 cm³/mol. The second kappa shape index (κ2) is 7.27. The molecule has 1 aliphatic heterocycles. The molecule has 1 heterocycles. The Balaban J connectivity index is 2.18. The van der Waals surface area contributed by atoms with Gasteiger partial charge >= 0.3 is 5.97 Å². The molecule has 1 fully saturated rings. The zero-order valence-electron chi connectivity index (χ0n) is 10.6. The van der Waals surface area contributed by atoms with Gasteiger partial charge in [-0.2, -0.15) is 0 Å². The summed E-state index contributed by atoms with van der Waals surface area (Å²) in [5, 5.41) is 5.96. The van der Waals surface area contributed by atoms with E-state index in [-0.39, 0.29) is 5.91 Å². The number of carbonyl (C=O) groups excluding carboxylic acids is 2. The van der Waals surface area contributed by atoms with Gasteiger partial charge in [-0.15, -0.1) is 0 Å². The first-order valence-corrected chi connectivity index (χ1v) is 6.21. The summed E-state index contributed by atoms with van der Waals surface area (Å²) in [5.74, 6) is 0.106. The van der Waals surface area contributed by atoms with Gasteiger partial charge in [0.1, 0.15) is 6.04 Å². The Morgan fingerprint density at radius 2 is 2.29 bits per heavy atom. The molecule has 0 aliphatic carbocycles. The molecule has 17 heavy (non-hydrogen) atoms. The number of hydrogen-bond acceptors (Lipinski definition) is 4. The van der Waals surface area contributed by atoms with Gasteiger partial charge in [0.25, 0.3) is 0 Å². The third-order valence-electron chi connectivity index (χ3n) is 3.11. The first-order valence-electron chi connectivity index (χ1n) is 6.21. The highest BCUT2D eigenvalue weighted by Crippen LogP contribution is 2.15. The van der Waals surface area contributed by atoms with Crippen LogP contribution in [-0.4, -0.2) is 38.1 Å². The summed E-state index contributed by atoms with van der Waals surface area (Å²) in [6.07, 6.45) is 3.73. The largest absolute Gasteiger partial charge is 0.467 e. The molecule has 5 heteroatoms. The van der Waals surface area contributed by atoms with E-state index >= 15 is 0 Å². The van der Waals surface area contributed by atoms with Crippen LogP contribution in [0.1, 0.15) is 32.6 Å². The first kappa shape index (κ1) is 14.0. The van der Waals surface area contributed by atoms with Gasteiger partial charge in [0.15, 0.2) is 0 Å². The molecule has 98 valence electrons. The topological polar surface area (TPSA) is 67.4 Å². The summed E-state index contributed by atoms with van der Waals surface area (Å²) in [5.41, 5.74) is 0. The summed E-state index contributed by atoms with van der Waals surface area (Å²) in [6.45, 7) is 3.72. The highest BCUT2D eigenvalue weighted by molar-refractivity contribution is 5.83. The second-order valence-corrected chi connectivity index (χ2v) is 4.56. The smallest absolute Gasteiger partial charge is 0.328 e. The quantitative estimate of drug-likeness (QED) is 0.687. The molecule has 1 aliphatic rings. The normalized spacial score (nSPS) is 21.6. The van der Waals surface area contributed by atoms with Gasteiger partial charge in [0.05, 0.1) is 7.11 Å². The van der Waals surface area contributed by atoms with Gasteiger partial charge in [-0.1, -0.05) is 0 Å². The monoisotopic (exact) mass is 242 g/mol. The van der Waals surface area contributed by atoms with Crippen LogP contribution in [0.4, 0.5) is 0 Å². The molecule has 2 unspecified atom stereocenters. The van der Waals surface area contributed by atoms with E-state index in [1.54, 1.807) is 6.92 Å². The number of piperidine rings is 1. The van der Waals surface area contributed by atoms with Crippen molar-refractivity contribution >= 4 is 11.9 Å². The maximum atomic E-state index is 11.6. The van der Waals surface area contributed by atoms with E-state index in [2.05, 4.69) is 15.4 Å². The zero-order valence-corrected chi connectivity index (χ0v) is 10.6. The van der Waals surface area contributed by atoms with Crippen LogP contribution in [-0.2, 0) is 14.3 Å². The van der Waals surface area contributed by atoms with Crippen LogP contribution in [0.25, 0.3) is 0 Å². The van der Waals surface area contributed by atoms with Crippen molar-refractivity contribution in [3.8, 4) is 0 Å². The van der Waals surface area contributed by atoms with Crippen LogP contribution in [0, 0.1) is 5.92 Å². The number of rotatable bonds is 5. The Morgan fingerprint density at radius 1 is 1.53 bits per heavy atom. The Bertz CT molecular complexity index is 262. The SMILES string of the molecule is COC(=O)C(C)NC(=O)CCC1CCCNC1. The molecule has 0 saturated carbocycles. The van der Waals surface area contributed by atoms with Crippen LogP contribution in [0.3, 0.4) is 0 Å². The fraction of sp³-hybridized carbons (Fsp3) is 0.833. The molecule has 0 aromatic rings. The molecule has 1 rings (SSSR count). The Morgan fingerprint density at radius 3 is 2.88 bits per heavy atom. The summed E-state index contributed by atoms with van der Waals surface area (Å²) < 4.78 is 4.54. The van der Waals surface area contributed by atoms with Gasteiger partial charge in [0, 0.05) is 6.42 Å². The number of amides is 1. The minimum atomic E-state index is -0.558. The average Bonchev–Trinajstić information content (AvgIpc) is 2.36. The Hall–Kier alpha value is -1.10. The van der Waals surface area contributed by atoms with E-state index in [0.29, 0.717) is 12.3 Å². The lowest BCUT2D eigenvalue weighted by Gasteiger charge is -2.22. The minimum absolute atomic E-state index is 0.0755. The molecular weight excluding hydrogens is 220 g/mol. The lowest BCUT2D eigenvalue weighted by Crippen LogP contribution is -2.39. The number of methoxy groups -OCH3 is 1. The standard InChI is InChI=1S/C12H22N2O3/c1-9(12(16)17-2)14-11(15)6-5-10-4-3-7-13-8-10/h9-10,13H,3-8H2,1-2H3,(H,14,15). The summed E-state index contributed by atoms with van der Waals surface area (Å²) >= 11 is 0. The second-order valence-electron chi connectivity index (χ2n) is 4.56. The lowest BCUT2D eigenvalue weighted by molar-refractivity contribution is -0.144. The molecule has 0 aromatic heterocycles. The highest BCUT2D eigenvalue weighted by Gasteiger charge is 2.18. The lowest BCUT2D eigenvalue weighted by atomic mass is 9.94. The number of esters is 1. The Labute approximate surface area is 102 Å². The van der Waals surface area contributed by atoms with E-state index in [1.807, 2.05) is 0 Å². The third-order valence-corrected chi connectivity index (χ3v) is 3.11. The fourth-order valence-corrected chi connectivity index (χ4v) is 2.05. The van der Waals surface area contributed by atoms with E-state index in [9.17, 15) is 9.59 Å². The summed E-state index contributed by atoms with van der Waals surface area (Å²) in [7, 11) is 1.32. The molecule has 0 radical (unpaired) electrons. The fourth-order valence-electron chi connectivity index (χ4n) is 2.05. The Kier molecular flexibility index (Phi) is 5.97. The maximum absolute atomic E-state index is 11.6. The van der Waals surface area contributed by atoms with Crippen molar-refractivity contribution in [3.63, 3.8) is 0 Å². The molecule has 1 amide bonds. The molecule has 2 atom stereocenters. The molecular formula is C12H22N2O3. The van der Waals surface area contributed by atoms with Gasteiger partial charge < -0.3 is 15.4 Å². The van der Waals surface area contributed by atoms with Gasteiger partial charge in [0.2, 0.25) is 5.91 Å². The molecule has 5 nitrogen and oxygen atoms in total. The van der Waals surface area contributed by atoms with Crippen molar-refractivity contribution in [3.05, 3.63) is 0 Å². The van der Waals surface area contributed by atoms with Crippen molar-refractivity contribution in [1.82, 2.24) is 10.6 Å². The van der Waals surface area contributed by atoms with E-state index in [0.717, 1.165) is 19.5 Å². The number of carbonyl (C=O) groups is 2. The van der Waals surface area contributed by atoms with Crippen LogP contribution in [0.2, 0.25) is 0 Å². The van der Waals surface area contributed by atoms with E-state index < -0.39 is 12.0 Å². The molecule has 2 N–H and O–H groups in total. The number of nitrogens with one attached hydrogen (secondary N) is 2. The van der Waals surface area contributed by atoms with Crippen molar-refractivity contribution in [2.75, 3.05) is 20.2 Å². The molecule has 1 saturated heterocycles. The van der Waals surface area contributed by atoms with Crippen LogP contribution >= 0.6 is 0 Å². The number of ether oxygens (including phenoxy) is 1. The highest BCUT2D eigenvalue weighted by atomic mass is 16.5. The molecule has 0 bridgehead atoms. The van der Waals surface area contributed by atoms with Gasteiger partial charge in [-0.05, 0) is 45.2 Å². The molecule has 0 aromatic carbocycles. The van der Waals surface area contributed by atoms with Gasteiger partial charge in [-0.3, -0.25) is 4.79 Å².